The molecular formula is C21H21N5O3. The lowest BCUT2D eigenvalue weighted by molar-refractivity contribution is -0.143. The highest BCUT2D eigenvalue weighted by Crippen LogP contribution is 2.25. The lowest BCUT2D eigenvalue weighted by atomic mass is 10.2. The van der Waals surface area contributed by atoms with Gasteiger partial charge in [-0.3, -0.25) is 0 Å². The lowest BCUT2D eigenvalue weighted by Gasteiger charge is -2.14. The van der Waals surface area contributed by atoms with Crippen LogP contribution < -0.4 is 10.1 Å². The van der Waals surface area contributed by atoms with Crippen LogP contribution in [0.5, 0.6) is 5.75 Å². The number of hydrogen-bond acceptors (Lipinski definition) is 7. The van der Waals surface area contributed by atoms with E-state index in [0.29, 0.717) is 24.0 Å². The number of fused-ring (bicyclic) bond motifs is 3. The van der Waals surface area contributed by atoms with Gasteiger partial charge in [0.2, 0.25) is 5.95 Å². The number of carbonyl (C=O) groups excluding carboxylic acids is 1. The summed E-state index contributed by atoms with van der Waals surface area (Å²) in [6.45, 7) is 3.81. The average Bonchev–Trinajstić information content (AvgIpc) is 3.20. The maximum absolute atomic E-state index is 12.1. The van der Waals surface area contributed by atoms with Crippen LogP contribution in [0.4, 0.5) is 5.95 Å². The van der Waals surface area contributed by atoms with Crippen molar-refractivity contribution < 1.29 is 14.3 Å². The van der Waals surface area contributed by atoms with Gasteiger partial charge in [0, 0.05) is 10.9 Å². The number of carbonyl (C=O) groups is 1. The van der Waals surface area contributed by atoms with Gasteiger partial charge in [0.05, 0.1) is 19.2 Å². The van der Waals surface area contributed by atoms with Crippen molar-refractivity contribution in [3.63, 3.8) is 0 Å². The van der Waals surface area contributed by atoms with Gasteiger partial charge in [-0.2, -0.15) is 4.52 Å². The van der Waals surface area contributed by atoms with E-state index in [-0.39, 0.29) is 5.97 Å². The molecule has 0 spiro atoms. The van der Waals surface area contributed by atoms with Crippen LogP contribution in [-0.4, -0.2) is 45.3 Å². The van der Waals surface area contributed by atoms with E-state index in [9.17, 15) is 4.79 Å². The summed E-state index contributed by atoms with van der Waals surface area (Å²) in [5.41, 5.74) is 2.26. The van der Waals surface area contributed by atoms with Crippen LogP contribution >= 0.6 is 0 Å². The van der Waals surface area contributed by atoms with Gasteiger partial charge < -0.3 is 14.8 Å². The average molecular weight is 391 g/mol. The SMILES string of the molecule is CCOC(=O)[C@@H](C)Nc1nc2ccccc2c2nc(-c3ccc(OC)cc3)nn12. The third kappa shape index (κ3) is 3.56. The van der Waals surface area contributed by atoms with E-state index in [4.69, 9.17) is 14.5 Å². The maximum Gasteiger partial charge on any atom is 0.328 e. The molecule has 8 nitrogen and oxygen atoms in total. The monoisotopic (exact) mass is 391 g/mol. The van der Waals surface area contributed by atoms with Gasteiger partial charge in [-0.25, -0.2) is 14.8 Å². The van der Waals surface area contributed by atoms with Gasteiger partial charge in [0.15, 0.2) is 11.5 Å². The Labute approximate surface area is 167 Å². The van der Waals surface area contributed by atoms with E-state index < -0.39 is 6.04 Å². The first-order valence-electron chi connectivity index (χ1n) is 9.34. The normalized spacial score (nSPS) is 12.1. The molecule has 0 radical (unpaired) electrons. The van der Waals surface area contributed by atoms with Crippen molar-refractivity contribution in [2.75, 3.05) is 19.0 Å². The molecule has 0 aliphatic carbocycles. The topological polar surface area (TPSA) is 90.6 Å². The molecule has 0 aliphatic rings. The summed E-state index contributed by atoms with van der Waals surface area (Å²) in [6.07, 6.45) is 0. The van der Waals surface area contributed by atoms with Gasteiger partial charge in [0.25, 0.3) is 0 Å². The molecule has 0 saturated heterocycles. The summed E-state index contributed by atoms with van der Waals surface area (Å²) in [7, 11) is 1.62. The molecule has 1 N–H and O–H groups in total. The highest BCUT2D eigenvalue weighted by atomic mass is 16.5. The fraction of sp³-hybridized carbons (Fsp3) is 0.238. The van der Waals surface area contributed by atoms with E-state index >= 15 is 0 Å². The van der Waals surface area contributed by atoms with Gasteiger partial charge in [-0.1, -0.05) is 12.1 Å². The molecule has 4 aromatic rings. The van der Waals surface area contributed by atoms with Crippen molar-refractivity contribution in [3.8, 4) is 17.1 Å². The molecule has 2 heterocycles. The second-order valence-corrected chi connectivity index (χ2v) is 6.47. The largest absolute Gasteiger partial charge is 0.497 e. The van der Waals surface area contributed by atoms with Gasteiger partial charge in [-0.15, -0.1) is 5.10 Å². The number of esters is 1. The van der Waals surface area contributed by atoms with E-state index in [1.807, 2.05) is 48.5 Å². The molecule has 4 rings (SSSR count). The van der Waals surface area contributed by atoms with E-state index in [1.54, 1.807) is 25.5 Å². The summed E-state index contributed by atoms with van der Waals surface area (Å²) in [4.78, 5) is 21.4. The third-order valence-electron chi connectivity index (χ3n) is 4.51. The summed E-state index contributed by atoms with van der Waals surface area (Å²) < 4.78 is 11.9. The predicted molar refractivity (Wildman–Crippen MR) is 110 cm³/mol. The summed E-state index contributed by atoms with van der Waals surface area (Å²) >= 11 is 0. The Morgan fingerprint density at radius 3 is 2.62 bits per heavy atom. The smallest absolute Gasteiger partial charge is 0.328 e. The van der Waals surface area contributed by atoms with Crippen LogP contribution in [0.1, 0.15) is 13.8 Å². The molecule has 2 aromatic heterocycles. The Hall–Kier alpha value is -3.68. The Morgan fingerprint density at radius 2 is 1.90 bits per heavy atom. The number of hydrogen-bond donors (Lipinski definition) is 1. The van der Waals surface area contributed by atoms with Crippen LogP contribution in [0.15, 0.2) is 48.5 Å². The highest BCUT2D eigenvalue weighted by molar-refractivity contribution is 5.93. The Morgan fingerprint density at radius 1 is 1.14 bits per heavy atom. The number of nitrogens with one attached hydrogen (secondary N) is 1. The Kier molecular flexibility index (Phi) is 4.99. The molecule has 0 bridgehead atoms. The Bertz CT molecular complexity index is 1170. The summed E-state index contributed by atoms with van der Waals surface area (Å²) in [6, 6.07) is 14.6. The first kappa shape index (κ1) is 18.7. The zero-order valence-corrected chi connectivity index (χ0v) is 16.4. The number of nitrogens with zero attached hydrogens (tertiary/aromatic N) is 4. The van der Waals surface area contributed by atoms with Crippen molar-refractivity contribution in [2.45, 2.75) is 19.9 Å². The second-order valence-electron chi connectivity index (χ2n) is 6.47. The minimum atomic E-state index is -0.583. The first-order chi connectivity index (χ1) is 14.1. The number of methoxy groups -OCH3 is 1. The zero-order chi connectivity index (χ0) is 20.4. The fourth-order valence-corrected chi connectivity index (χ4v) is 3.03. The molecule has 0 amide bonds. The van der Waals surface area contributed by atoms with Crippen molar-refractivity contribution >= 4 is 28.5 Å². The molecular weight excluding hydrogens is 370 g/mol. The molecule has 0 saturated carbocycles. The molecule has 8 heteroatoms. The van der Waals surface area contributed by atoms with Crippen molar-refractivity contribution in [2.24, 2.45) is 0 Å². The molecule has 0 unspecified atom stereocenters. The molecule has 0 aliphatic heterocycles. The van der Waals surface area contributed by atoms with Gasteiger partial charge >= 0.3 is 5.97 Å². The highest BCUT2D eigenvalue weighted by Gasteiger charge is 2.19. The van der Waals surface area contributed by atoms with Crippen molar-refractivity contribution in [3.05, 3.63) is 48.5 Å². The zero-order valence-electron chi connectivity index (χ0n) is 16.4. The number of anilines is 1. The summed E-state index contributed by atoms with van der Waals surface area (Å²) in [5, 5.41) is 8.60. The van der Waals surface area contributed by atoms with E-state index in [0.717, 1.165) is 22.2 Å². The molecule has 148 valence electrons. The Balaban J connectivity index is 1.83. The third-order valence-corrected chi connectivity index (χ3v) is 4.51. The standard InChI is InChI=1S/C21H21N5O3/c1-4-29-20(27)13(2)22-21-23-17-8-6-5-7-16(17)19-24-18(25-26(19)21)14-9-11-15(28-3)12-10-14/h5-13H,4H2,1-3H3,(H,22,23)/t13-/m1/s1. The van der Waals surface area contributed by atoms with Crippen LogP contribution in [0.2, 0.25) is 0 Å². The molecule has 29 heavy (non-hydrogen) atoms. The molecule has 1 atom stereocenters. The molecule has 2 aromatic carbocycles. The number of rotatable bonds is 6. The minimum Gasteiger partial charge on any atom is -0.497 e. The number of benzene rings is 2. The van der Waals surface area contributed by atoms with Gasteiger partial charge in [-0.05, 0) is 50.2 Å². The number of ether oxygens (including phenoxy) is 2. The van der Waals surface area contributed by atoms with Crippen molar-refractivity contribution in [1.29, 1.82) is 0 Å². The van der Waals surface area contributed by atoms with E-state index in [2.05, 4.69) is 15.4 Å². The maximum atomic E-state index is 12.1. The van der Waals surface area contributed by atoms with E-state index in [1.165, 1.54) is 0 Å². The quantitative estimate of drug-likeness (QED) is 0.504. The first-order valence-corrected chi connectivity index (χ1v) is 9.34. The van der Waals surface area contributed by atoms with Crippen molar-refractivity contribution in [1.82, 2.24) is 19.6 Å². The lowest BCUT2D eigenvalue weighted by Crippen LogP contribution is -2.29. The van der Waals surface area contributed by atoms with Crippen LogP contribution in [-0.2, 0) is 9.53 Å². The second kappa shape index (κ2) is 7.75. The number of aromatic nitrogens is 4. The fourth-order valence-electron chi connectivity index (χ4n) is 3.03. The van der Waals surface area contributed by atoms with Crippen LogP contribution in [0.3, 0.4) is 0 Å². The van der Waals surface area contributed by atoms with Crippen LogP contribution in [0.25, 0.3) is 27.9 Å². The van der Waals surface area contributed by atoms with Crippen LogP contribution in [0, 0.1) is 0 Å². The number of para-hydroxylation sites is 1. The predicted octanol–water partition coefficient (Wildman–Crippen LogP) is 3.32. The van der Waals surface area contributed by atoms with Gasteiger partial charge in [0.1, 0.15) is 11.8 Å². The molecule has 0 fully saturated rings. The minimum absolute atomic E-state index is 0.316. The summed E-state index contributed by atoms with van der Waals surface area (Å²) in [5.74, 6) is 1.38.